The second kappa shape index (κ2) is 4.31. The van der Waals surface area contributed by atoms with Gasteiger partial charge >= 0.3 is 6.03 Å². The van der Waals surface area contributed by atoms with Gasteiger partial charge < -0.3 is 20.9 Å². The molecule has 90 valence electrons. The van der Waals surface area contributed by atoms with E-state index in [1.54, 1.807) is 11.0 Å². The maximum atomic E-state index is 11.7. The number of urea groups is 1. The molecule has 2 amide bonds. The molecule has 0 aromatic rings. The number of aliphatic hydroxyl groups excluding tert-OH is 1. The third-order valence-corrected chi connectivity index (χ3v) is 2.99. The van der Waals surface area contributed by atoms with Crippen LogP contribution < -0.4 is 11.1 Å². The highest BCUT2D eigenvalue weighted by molar-refractivity contribution is 5.75. The van der Waals surface area contributed by atoms with Crippen molar-refractivity contribution < 1.29 is 14.6 Å². The van der Waals surface area contributed by atoms with Gasteiger partial charge in [0, 0.05) is 18.9 Å². The first kappa shape index (κ1) is 11.2. The summed E-state index contributed by atoms with van der Waals surface area (Å²) in [5.74, 6) is 0.708. The zero-order valence-corrected chi connectivity index (χ0v) is 9.22. The minimum Gasteiger partial charge on any atom is -0.472 e. The second-order valence-corrected chi connectivity index (χ2v) is 4.24. The third-order valence-electron chi connectivity index (χ3n) is 2.99. The predicted octanol–water partition coefficient (Wildman–Crippen LogP) is -0.445. The molecule has 0 bridgehead atoms. The molecular weight excluding hydrogens is 210 g/mol. The zero-order chi connectivity index (χ0) is 11.7. The quantitative estimate of drug-likeness (QED) is 0.596. The fourth-order valence-electron chi connectivity index (χ4n) is 1.92. The molecule has 6 heteroatoms. The van der Waals surface area contributed by atoms with Crippen molar-refractivity contribution in [2.75, 3.05) is 13.2 Å². The Morgan fingerprint density at radius 3 is 3.12 bits per heavy atom. The van der Waals surface area contributed by atoms with Crippen molar-refractivity contribution in [3.8, 4) is 0 Å². The largest absolute Gasteiger partial charge is 0.472 e. The Morgan fingerprint density at radius 2 is 2.50 bits per heavy atom. The van der Waals surface area contributed by atoms with E-state index in [4.69, 9.17) is 15.6 Å². The lowest BCUT2D eigenvalue weighted by Gasteiger charge is -2.38. The number of hydrogen-bond acceptors (Lipinski definition) is 4. The SMILES string of the molecule is CC1CN([C@H]2CC=C(CO)O2)C(=O)NC1N. The summed E-state index contributed by atoms with van der Waals surface area (Å²) in [6.45, 7) is 2.43. The molecule has 1 saturated heterocycles. The number of ether oxygens (including phenoxy) is 1. The summed E-state index contributed by atoms with van der Waals surface area (Å²) in [6, 6.07) is -0.205. The number of nitrogens with one attached hydrogen (secondary N) is 1. The number of hydrogen-bond donors (Lipinski definition) is 3. The smallest absolute Gasteiger partial charge is 0.321 e. The number of amides is 2. The average Bonchev–Trinajstić information content (AvgIpc) is 2.71. The molecule has 0 spiro atoms. The third kappa shape index (κ3) is 1.98. The summed E-state index contributed by atoms with van der Waals surface area (Å²) >= 11 is 0. The maximum Gasteiger partial charge on any atom is 0.321 e. The lowest BCUT2D eigenvalue weighted by molar-refractivity contribution is -0.00766. The molecular formula is C10H17N3O3. The van der Waals surface area contributed by atoms with Crippen LogP contribution in [0.5, 0.6) is 0 Å². The number of nitrogens with two attached hydrogens (primary N) is 1. The van der Waals surface area contributed by atoms with Gasteiger partial charge in [-0.05, 0) is 6.08 Å². The molecule has 0 aromatic heterocycles. The molecule has 16 heavy (non-hydrogen) atoms. The van der Waals surface area contributed by atoms with E-state index in [9.17, 15) is 4.79 Å². The summed E-state index contributed by atoms with van der Waals surface area (Å²) in [4.78, 5) is 13.3. The number of rotatable bonds is 2. The lowest BCUT2D eigenvalue weighted by atomic mass is 10.1. The van der Waals surface area contributed by atoms with Crippen molar-refractivity contribution >= 4 is 6.03 Å². The van der Waals surface area contributed by atoms with E-state index in [0.717, 1.165) is 0 Å². The Labute approximate surface area is 94.0 Å². The Bertz CT molecular complexity index is 318. The monoisotopic (exact) mass is 227 g/mol. The number of nitrogens with zero attached hydrogens (tertiary/aromatic N) is 1. The van der Waals surface area contributed by atoms with Crippen LogP contribution in [0.15, 0.2) is 11.8 Å². The maximum absolute atomic E-state index is 11.7. The van der Waals surface area contributed by atoms with E-state index in [1.807, 2.05) is 6.92 Å². The van der Waals surface area contributed by atoms with Crippen molar-refractivity contribution in [3.63, 3.8) is 0 Å². The number of carbonyl (C=O) groups is 1. The van der Waals surface area contributed by atoms with Crippen molar-refractivity contribution in [1.29, 1.82) is 0 Å². The fourth-order valence-corrected chi connectivity index (χ4v) is 1.92. The minimum absolute atomic E-state index is 0.124. The Balaban J connectivity index is 1.98. The van der Waals surface area contributed by atoms with Gasteiger partial charge in [-0.2, -0.15) is 0 Å². The van der Waals surface area contributed by atoms with Gasteiger partial charge in [-0.25, -0.2) is 4.79 Å². The zero-order valence-electron chi connectivity index (χ0n) is 9.22. The fraction of sp³-hybridized carbons (Fsp3) is 0.700. The van der Waals surface area contributed by atoms with Crippen LogP contribution in [-0.4, -0.2) is 41.6 Å². The molecule has 2 aliphatic rings. The van der Waals surface area contributed by atoms with Gasteiger partial charge in [0.2, 0.25) is 0 Å². The van der Waals surface area contributed by atoms with Crippen LogP contribution in [0.1, 0.15) is 13.3 Å². The van der Waals surface area contributed by atoms with Crippen LogP contribution in [0.4, 0.5) is 4.79 Å². The first-order valence-electron chi connectivity index (χ1n) is 5.41. The number of aliphatic hydroxyl groups is 1. The Morgan fingerprint density at radius 1 is 1.75 bits per heavy atom. The highest BCUT2D eigenvalue weighted by Crippen LogP contribution is 2.23. The van der Waals surface area contributed by atoms with E-state index < -0.39 is 0 Å². The van der Waals surface area contributed by atoms with E-state index in [1.165, 1.54) is 0 Å². The molecule has 2 rings (SSSR count). The van der Waals surface area contributed by atoms with Gasteiger partial charge in [-0.1, -0.05) is 6.92 Å². The standard InChI is InChI=1S/C10H17N3O3/c1-6-4-13(10(15)12-9(6)11)8-3-2-7(5-14)16-8/h2,6,8-9,14H,3-5,11H2,1H3,(H,12,15)/t6?,8-,9?/m1/s1. The van der Waals surface area contributed by atoms with E-state index >= 15 is 0 Å². The van der Waals surface area contributed by atoms with Gasteiger partial charge in [0.15, 0.2) is 6.23 Å². The molecule has 4 N–H and O–H groups in total. The van der Waals surface area contributed by atoms with Crippen LogP contribution >= 0.6 is 0 Å². The highest BCUT2D eigenvalue weighted by atomic mass is 16.5. The second-order valence-electron chi connectivity index (χ2n) is 4.24. The van der Waals surface area contributed by atoms with Crippen LogP contribution in [0.3, 0.4) is 0 Å². The van der Waals surface area contributed by atoms with Crippen LogP contribution in [0.25, 0.3) is 0 Å². The van der Waals surface area contributed by atoms with E-state index in [0.29, 0.717) is 18.7 Å². The van der Waals surface area contributed by atoms with Gasteiger partial charge in [0.05, 0.1) is 6.17 Å². The van der Waals surface area contributed by atoms with E-state index in [2.05, 4.69) is 5.32 Å². The lowest BCUT2D eigenvalue weighted by Crippen LogP contribution is -2.61. The molecule has 2 unspecified atom stereocenters. The Kier molecular flexibility index (Phi) is 3.02. The average molecular weight is 227 g/mol. The van der Waals surface area contributed by atoms with Crippen molar-refractivity contribution in [2.45, 2.75) is 25.7 Å². The molecule has 0 radical (unpaired) electrons. The molecule has 0 aromatic carbocycles. The summed E-state index contributed by atoms with van der Waals surface area (Å²) in [7, 11) is 0. The van der Waals surface area contributed by atoms with Crippen molar-refractivity contribution in [2.24, 2.45) is 11.7 Å². The van der Waals surface area contributed by atoms with Crippen LogP contribution in [0.2, 0.25) is 0 Å². The topological polar surface area (TPSA) is 87.8 Å². The summed E-state index contributed by atoms with van der Waals surface area (Å²) in [5, 5.41) is 11.6. The van der Waals surface area contributed by atoms with Gasteiger partial charge in [0.25, 0.3) is 0 Å². The minimum atomic E-state index is -0.308. The van der Waals surface area contributed by atoms with E-state index in [-0.39, 0.29) is 30.9 Å². The molecule has 1 fully saturated rings. The normalized spacial score (nSPS) is 34.4. The molecule has 0 aliphatic carbocycles. The summed E-state index contributed by atoms with van der Waals surface area (Å²) in [6.07, 6.45) is 1.81. The van der Waals surface area contributed by atoms with Gasteiger partial charge in [-0.3, -0.25) is 4.90 Å². The molecule has 2 aliphatic heterocycles. The molecule has 2 heterocycles. The first-order valence-corrected chi connectivity index (χ1v) is 5.41. The van der Waals surface area contributed by atoms with Crippen LogP contribution in [0, 0.1) is 5.92 Å². The summed E-state index contributed by atoms with van der Waals surface area (Å²) < 4.78 is 5.44. The molecule has 0 saturated carbocycles. The van der Waals surface area contributed by atoms with Gasteiger partial charge in [-0.15, -0.1) is 0 Å². The first-order chi connectivity index (χ1) is 7.61. The van der Waals surface area contributed by atoms with Crippen molar-refractivity contribution in [1.82, 2.24) is 10.2 Å². The molecule has 6 nitrogen and oxygen atoms in total. The molecule has 3 atom stereocenters. The Hall–Kier alpha value is -1.27. The predicted molar refractivity (Wildman–Crippen MR) is 57.0 cm³/mol. The highest BCUT2D eigenvalue weighted by Gasteiger charge is 2.35. The summed E-state index contributed by atoms with van der Waals surface area (Å²) in [5.41, 5.74) is 5.73. The van der Waals surface area contributed by atoms with Gasteiger partial charge in [0.1, 0.15) is 12.4 Å². The van der Waals surface area contributed by atoms with Crippen molar-refractivity contribution in [3.05, 3.63) is 11.8 Å². The number of carbonyl (C=O) groups excluding carboxylic acids is 1. The van der Waals surface area contributed by atoms with Crippen LogP contribution in [-0.2, 0) is 4.74 Å².